The lowest BCUT2D eigenvalue weighted by Crippen LogP contribution is -2.51. The van der Waals surface area contributed by atoms with Gasteiger partial charge >= 0.3 is 0 Å². The Morgan fingerprint density at radius 1 is 1.02 bits per heavy atom. The maximum absolute atomic E-state index is 13.7. The number of fused-ring (bicyclic) bond motifs is 2. The highest BCUT2D eigenvalue weighted by Crippen LogP contribution is 2.28. The molecule has 4 heterocycles. The summed E-state index contributed by atoms with van der Waals surface area (Å²) in [6, 6.07) is 5.73. The summed E-state index contributed by atoms with van der Waals surface area (Å²) < 4.78 is 13.7. The smallest absolute Gasteiger partial charge is 0.293 e. The molecule has 0 aliphatic carbocycles. The highest BCUT2D eigenvalue weighted by molar-refractivity contribution is 5.91. The first-order valence-corrected chi connectivity index (χ1v) is 17.1. The van der Waals surface area contributed by atoms with Gasteiger partial charge in [0.1, 0.15) is 18.4 Å². The standard InChI is InChI=1S/C34H45N11O6/c1-6-21(2)29-32(48)37-22(3)31-38-26(19-23-11-12-24(50-4)25(18-23)51-5)41-45(31)20-28(47)35-13-8-16-43(15-7-10-27(46)39-29)33(49)30-40-34-36-14-9-17-44(34)42-30/h9,11-12,14,17-18,21-22,29H,6-8,10,13,15-16,19-20H2,1-5H3,(H,35,47)(H,37,48)(H,39,46)/t21-,22+,29-/m0/s1. The van der Waals surface area contributed by atoms with Crippen LogP contribution in [0.4, 0.5) is 0 Å². The summed E-state index contributed by atoms with van der Waals surface area (Å²) in [6.45, 7) is 6.25. The van der Waals surface area contributed by atoms with Gasteiger partial charge in [-0.3, -0.25) is 19.2 Å². The van der Waals surface area contributed by atoms with Gasteiger partial charge < -0.3 is 30.3 Å². The highest BCUT2D eigenvalue weighted by Gasteiger charge is 2.29. The van der Waals surface area contributed by atoms with Crippen molar-refractivity contribution in [2.75, 3.05) is 33.9 Å². The number of nitrogens with zero attached hydrogens (tertiary/aromatic N) is 8. The summed E-state index contributed by atoms with van der Waals surface area (Å²) in [5.74, 6) is 0.650. The predicted octanol–water partition coefficient (Wildman–Crippen LogP) is 1.47. The molecule has 3 atom stereocenters. The van der Waals surface area contributed by atoms with Crippen molar-refractivity contribution in [2.24, 2.45) is 5.92 Å². The van der Waals surface area contributed by atoms with E-state index >= 15 is 0 Å². The molecule has 3 N–H and O–H groups in total. The van der Waals surface area contributed by atoms with Gasteiger partial charge in [-0.1, -0.05) is 26.3 Å². The maximum Gasteiger partial charge on any atom is 0.293 e. The van der Waals surface area contributed by atoms with Crippen LogP contribution in [0.25, 0.3) is 5.78 Å². The molecule has 0 fully saturated rings. The Bertz CT molecular complexity index is 1820. The fraction of sp³-hybridized carbons (Fsp3) is 0.500. The lowest BCUT2D eigenvalue weighted by atomic mass is 9.97. The predicted molar refractivity (Wildman–Crippen MR) is 184 cm³/mol. The SMILES string of the molecule is CC[C@H](C)[C@@H]1NC(=O)CCCN(C(=O)c2nc3ncccn3n2)CCCNC(=O)Cn2nc(Cc3ccc(OC)c(OC)c3)nc2[C@@H](C)NC1=O. The van der Waals surface area contributed by atoms with Gasteiger partial charge in [-0.15, -0.1) is 5.10 Å². The molecule has 3 aromatic heterocycles. The summed E-state index contributed by atoms with van der Waals surface area (Å²) >= 11 is 0. The van der Waals surface area contributed by atoms with Crippen molar-refractivity contribution in [1.82, 2.24) is 55.2 Å². The summed E-state index contributed by atoms with van der Waals surface area (Å²) in [5.41, 5.74) is 0.858. The van der Waals surface area contributed by atoms with Crippen LogP contribution < -0.4 is 25.4 Å². The minimum atomic E-state index is -0.817. The van der Waals surface area contributed by atoms with Crippen molar-refractivity contribution in [3.8, 4) is 11.5 Å². The quantitative estimate of drug-likeness (QED) is 0.252. The molecule has 4 aromatic rings. The molecule has 0 spiro atoms. The first-order valence-electron chi connectivity index (χ1n) is 17.1. The second-order valence-corrected chi connectivity index (χ2v) is 12.5. The van der Waals surface area contributed by atoms with Crippen molar-refractivity contribution in [2.45, 2.75) is 71.5 Å². The molecule has 17 heteroatoms. The molecule has 51 heavy (non-hydrogen) atoms. The number of hydrogen-bond donors (Lipinski definition) is 3. The van der Waals surface area contributed by atoms with E-state index in [9.17, 15) is 19.2 Å². The van der Waals surface area contributed by atoms with E-state index in [1.165, 1.54) is 9.20 Å². The second-order valence-electron chi connectivity index (χ2n) is 12.5. The van der Waals surface area contributed by atoms with Crippen molar-refractivity contribution >= 4 is 29.4 Å². The van der Waals surface area contributed by atoms with Gasteiger partial charge in [-0.05, 0) is 49.4 Å². The Hall–Kier alpha value is -5.61. The number of nitrogens with one attached hydrogen (secondary N) is 3. The van der Waals surface area contributed by atoms with Gasteiger partial charge in [-0.25, -0.2) is 19.2 Å². The second kappa shape index (κ2) is 16.9. The molecule has 0 radical (unpaired) electrons. The van der Waals surface area contributed by atoms with Crippen molar-refractivity contribution in [1.29, 1.82) is 0 Å². The third kappa shape index (κ3) is 9.15. The summed E-state index contributed by atoms with van der Waals surface area (Å²) in [6.07, 6.45) is 5.04. The molecule has 0 saturated heterocycles. The van der Waals surface area contributed by atoms with E-state index in [4.69, 9.17) is 14.5 Å². The first kappa shape index (κ1) is 36.7. The number of carbonyl (C=O) groups excluding carboxylic acids is 4. The number of carbonyl (C=O) groups is 4. The molecular formula is C34H45N11O6. The van der Waals surface area contributed by atoms with Crippen LogP contribution in [-0.2, 0) is 27.3 Å². The Labute approximate surface area is 295 Å². The molecule has 1 aliphatic rings. The molecule has 1 aromatic carbocycles. The lowest BCUT2D eigenvalue weighted by molar-refractivity contribution is -0.130. The fourth-order valence-electron chi connectivity index (χ4n) is 5.80. The van der Waals surface area contributed by atoms with Crippen LogP contribution in [0.3, 0.4) is 0 Å². The number of hydrogen-bond acceptors (Lipinski definition) is 11. The number of ether oxygens (including phenoxy) is 2. The minimum Gasteiger partial charge on any atom is -0.493 e. The van der Waals surface area contributed by atoms with Crippen LogP contribution >= 0.6 is 0 Å². The van der Waals surface area contributed by atoms with Crippen molar-refractivity contribution in [3.05, 3.63) is 59.7 Å². The average molecular weight is 704 g/mol. The molecular weight excluding hydrogens is 658 g/mol. The van der Waals surface area contributed by atoms with Gasteiger partial charge in [0.05, 0.1) is 20.3 Å². The van der Waals surface area contributed by atoms with Gasteiger partial charge in [-0.2, -0.15) is 10.1 Å². The molecule has 1 aliphatic heterocycles. The zero-order chi connectivity index (χ0) is 36.5. The first-order chi connectivity index (χ1) is 24.6. The van der Waals surface area contributed by atoms with Gasteiger partial charge in [0.25, 0.3) is 11.7 Å². The molecule has 17 nitrogen and oxygen atoms in total. The number of rotatable bonds is 7. The Kier molecular flexibility index (Phi) is 12.1. The Morgan fingerprint density at radius 3 is 2.55 bits per heavy atom. The van der Waals surface area contributed by atoms with Crippen LogP contribution in [-0.4, -0.2) is 103 Å². The number of methoxy groups -OCH3 is 2. The number of aromatic nitrogens is 7. The highest BCUT2D eigenvalue weighted by atomic mass is 16.5. The van der Waals surface area contributed by atoms with E-state index in [1.807, 2.05) is 26.0 Å². The van der Waals surface area contributed by atoms with Crippen LogP contribution in [0.15, 0.2) is 36.7 Å². The topological polar surface area (TPSA) is 200 Å². The lowest BCUT2D eigenvalue weighted by Gasteiger charge is -2.26. The van der Waals surface area contributed by atoms with Crippen LogP contribution in [0.1, 0.15) is 80.3 Å². The number of amides is 4. The van der Waals surface area contributed by atoms with E-state index in [2.05, 4.69) is 36.1 Å². The summed E-state index contributed by atoms with van der Waals surface area (Å²) in [5, 5.41) is 17.7. The van der Waals surface area contributed by atoms with Gasteiger partial charge in [0, 0.05) is 44.9 Å². The van der Waals surface area contributed by atoms with E-state index in [1.54, 1.807) is 50.6 Å². The molecule has 4 amide bonds. The maximum atomic E-state index is 13.7. The molecule has 5 rings (SSSR count). The monoisotopic (exact) mass is 703 g/mol. The van der Waals surface area contributed by atoms with Gasteiger partial charge in [0.15, 0.2) is 17.3 Å². The third-order valence-corrected chi connectivity index (χ3v) is 8.76. The van der Waals surface area contributed by atoms with E-state index < -0.39 is 18.0 Å². The average Bonchev–Trinajstić information content (AvgIpc) is 3.74. The zero-order valence-electron chi connectivity index (χ0n) is 29.6. The number of benzene rings is 1. The Balaban J connectivity index is 1.39. The summed E-state index contributed by atoms with van der Waals surface area (Å²) in [4.78, 5) is 68.3. The molecule has 0 bridgehead atoms. The van der Waals surface area contributed by atoms with E-state index in [-0.39, 0.29) is 67.8 Å². The molecule has 0 unspecified atom stereocenters. The molecule has 272 valence electrons. The third-order valence-electron chi connectivity index (χ3n) is 8.76. The largest absolute Gasteiger partial charge is 0.493 e. The van der Waals surface area contributed by atoms with Crippen LogP contribution in [0.2, 0.25) is 0 Å². The van der Waals surface area contributed by atoms with Crippen molar-refractivity contribution < 1.29 is 28.7 Å². The normalized spacial score (nSPS) is 18.8. The van der Waals surface area contributed by atoms with Crippen LogP contribution in [0.5, 0.6) is 11.5 Å². The fourth-order valence-corrected chi connectivity index (χ4v) is 5.80. The van der Waals surface area contributed by atoms with Crippen molar-refractivity contribution in [3.63, 3.8) is 0 Å². The Morgan fingerprint density at radius 2 is 1.80 bits per heavy atom. The zero-order valence-corrected chi connectivity index (χ0v) is 29.6. The van der Waals surface area contributed by atoms with Gasteiger partial charge in [0.2, 0.25) is 23.5 Å². The molecule has 0 saturated carbocycles. The summed E-state index contributed by atoms with van der Waals surface area (Å²) in [7, 11) is 3.12. The van der Waals surface area contributed by atoms with E-state index in [0.29, 0.717) is 48.8 Å². The minimum absolute atomic E-state index is 0.0189. The van der Waals surface area contributed by atoms with E-state index in [0.717, 1.165) is 5.56 Å². The van der Waals surface area contributed by atoms with Crippen LogP contribution in [0, 0.1) is 5.92 Å².